The quantitative estimate of drug-likeness (QED) is 0.741. The number of esters is 1. The molecule has 1 heterocycles. The zero-order chi connectivity index (χ0) is 15.8. The monoisotopic (exact) mass is 298 g/mol. The van der Waals surface area contributed by atoms with Crippen LogP contribution >= 0.6 is 0 Å². The Bertz CT molecular complexity index is 437. The molecule has 3 N–H and O–H groups in total. The van der Waals surface area contributed by atoms with Gasteiger partial charge in [0, 0.05) is 17.9 Å². The van der Waals surface area contributed by atoms with E-state index >= 15 is 0 Å². The summed E-state index contributed by atoms with van der Waals surface area (Å²) in [6.07, 6.45) is 2.28. The summed E-state index contributed by atoms with van der Waals surface area (Å²) in [5.74, 6) is -0.712. The Morgan fingerprint density at radius 1 is 1.48 bits per heavy atom. The number of nitrogens with two attached hydrogens (primary N) is 1. The minimum atomic E-state index is -1.00. The van der Waals surface area contributed by atoms with E-state index in [1.807, 2.05) is 20.8 Å². The third-order valence-electron chi connectivity index (χ3n) is 5.26. The molecule has 1 aliphatic carbocycles. The van der Waals surface area contributed by atoms with Gasteiger partial charge in [-0.25, -0.2) is 4.79 Å². The minimum Gasteiger partial charge on any atom is -0.467 e. The zero-order valence-electron chi connectivity index (χ0n) is 13.3. The summed E-state index contributed by atoms with van der Waals surface area (Å²) in [4.78, 5) is 24.4. The summed E-state index contributed by atoms with van der Waals surface area (Å²) in [6.45, 7) is 6.46. The van der Waals surface area contributed by atoms with Gasteiger partial charge in [-0.05, 0) is 19.3 Å². The molecule has 21 heavy (non-hydrogen) atoms. The first-order chi connectivity index (χ1) is 9.80. The molecule has 0 aromatic carbocycles. The summed E-state index contributed by atoms with van der Waals surface area (Å²) in [5.41, 5.74) is 5.03. The average Bonchev–Trinajstić information content (AvgIpc) is 2.50. The molecule has 120 valence electrons. The molecule has 4 atom stereocenters. The summed E-state index contributed by atoms with van der Waals surface area (Å²) in [6, 6.07) is -0.651. The number of nitrogens with one attached hydrogen (secondary N) is 1. The molecule has 1 saturated heterocycles. The highest BCUT2D eigenvalue weighted by Gasteiger charge is 2.70. The third-order valence-corrected chi connectivity index (χ3v) is 5.26. The topological polar surface area (TPSA) is 90.7 Å². The van der Waals surface area contributed by atoms with Gasteiger partial charge in [0.2, 0.25) is 5.91 Å². The highest BCUT2D eigenvalue weighted by molar-refractivity contribution is 5.92. The number of ether oxygens (including phenoxy) is 2. The smallest absolute Gasteiger partial charge is 0.328 e. The van der Waals surface area contributed by atoms with Crippen molar-refractivity contribution in [1.29, 1.82) is 0 Å². The van der Waals surface area contributed by atoms with E-state index < -0.39 is 23.0 Å². The lowest BCUT2D eigenvalue weighted by Crippen LogP contribution is -2.82. The molecule has 2 rings (SSSR count). The Morgan fingerprint density at radius 2 is 2.14 bits per heavy atom. The lowest BCUT2D eigenvalue weighted by atomic mass is 9.46. The van der Waals surface area contributed by atoms with Crippen LogP contribution in [0.5, 0.6) is 0 Å². The van der Waals surface area contributed by atoms with Crippen molar-refractivity contribution in [3.63, 3.8) is 0 Å². The first-order valence-corrected chi connectivity index (χ1v) is 7.60. The standard InChI is InChI=1S/C15H26N2O4/c1-5-10(12(18)20-4)17-13(19)15(16)9-7-6-8-21-11(9)14(15,2)3/h9-11H,5-8,16H2,1-4H3,(H,17,19). The molecule has 1 aliphatic heterocycles. The maximum Gasteiger partial charge on any atom is 0.328 e. The Hall–Kier alpha value is -1.14. The molecule has 2 fully saturated rings. The van der Waals surface area contributed by atoms with E-state index in [-0.39, 0.29) is 17.9 Å². The highest BCUT2D eigenvalue weighted by Crippen LogP contribution is 2.57. The second kappa shape index (κ2) is 5.57. The Morgan fingerprint density at radius 3 is 2.71 bits per heavy atom. The van der Waals surface area contributed by atoms with Gasteiger partial charge in [0.15, 0.2) is 0 Å². The maximum absolute atomic E-state index is 12.7. The number of methoxy groups -OCH3 is 1. The molecule has 1 saturated carbocycles. The molecular weight excluding hydrogens is 272 g/mol. The van der Waals surface area contributed by atoms with Gasteiger partial charge in [0.1, 0.15) is 11.6 Å². The summed E-state index contributed by atoms with van der Waals surface area (Å²) >= 11 is 0. The van der Waals surface area contributed by atoms with E-state index in [0.29, 0.717) is 6.42 Å². The van der Waals surface area contributed by atoms with E-state index in [2.05, 4.69) is 5.32 Å². The Kier molecular flexibility index (Phi) is 4.31. The van der Waals surface area contributed by atoms with Crippen molar-refractivity contribution in [2.75, 3.05) is 13.7 Å². The van der Waals surface area contributed by atoms with Crippen molar-refractivity contribution in [3.8, 4) is 0 Å². The van der Waals surface area contributed by atoms with Crippen molar-refractivity contribution in [2.24, 2.45) is 17.1 Å². The molecule has 1 amide bonds. The fourth-order valence-corrected chi connectivity index (χ4v) is 3.78. The van der Waals surface area contributed by atoms with Gasteiger partial charge in [0.25, 0.3) is 0 Å². The van der Waals surface area contributed by atoms with Crippen LogP contribution in [0.4, 0.5) is 0 Å². The van der Waals surface area contributed by atoms with Crippen molar-refractivity contribution < 1.29 is 19.1 Å². The summed E-state index contributed by atoms with van der Waals surface area (Å²) in [5, 5.41) is 2.75. The predicted molar refractivity (Wildman–Crippen MR) is 77.4 cm³/mol. The van der Waals surface area contributed by atoms with E-state index in [0.717, 1.165) is 19.4 Å². The number of amides is 1. The van der Waals surface area contributed by atoms with Crippen LogP contribution in [0.25, 0.3) is 0 Å². The van der Waals surface area contributed by atoms with Crippen LogP contribution in [0.3, 0.4) is 0 Å². The molecule has 0 radical (unpaired) electrons. The predicted octanol–water partition coefficient (Wildman–Crippen LogP) is 0.587. The molecular formula is C15H26N2O4. The van der Waals surface area contributed by atoms with Crippen molar-refractivity contribution in [1.82, 2.24) is 5.32 Å². The molecule has 6 nitrogen and oxygen atoms in total. The fourth-order valence-electron chi connectivity index (χ4n) is 3.78. The van der Waals surface area contributed by atoms with E-state index in [9.17, 15) is 9.59 Å². The third kappa shape index (κ3) is 2.25. The number of rotatable bonds is 4. The van der Waals surface area contributed by atoms with E-state index in [1.54, 1.807) is 0 Å². The van der Waals surface area contributed by atoms with Crippen molar-refractivity contribution >= 4 is 11.9 Å². The molecule has 0 aromatic heterocycles. The molecule has 4 unspecified atom stereocenters. The first-order valence-electron chi connectivity index (χ1n) is 7.60. The molecule has 0 aromatic rings. The van der Waals surface area contributed by atoms with Gasteiger partial charge in [-0.15, -0.1) is 0 Å². The molecule has 2 aliphatic rings. The number of fused-ring (bicyclic) bond motifs is 1. The van der Waals surface area contributed by atoms with E-state index in [4.69, 9.17) is 15.2 Å². The number of hydrogen-bond donors (Lipinski definition) is 2. The maximum atomic E-state index is 12.7. The van der Waals surface area contributed by atoms with Crippen LogP contribution in [0, 0.1) is 11.3 Å². The van der Waals surface area contributed by atoms with Crippen LogP contribution < -0.4 is 11.1 Å². The Balaban J connectivity index is 2.15. The largest absolute Gasteiger partial charge is 0.467 e. The van der Waals surface area contributed by atoms with Crippen molar-refractivity contribution in [2.45, 2.75) is 57.7 Å². The van der Waals surface area contributed by atoms with E-state index in [1.165, 1.54) is 7.11 Å². The minimum absolute atomic E-state index is 0.0106. The molecule has 0 bridgehead atoms. The van der Waals surface area contributed by atoms with Crippen LogP contribution in [-0.2, 0) is 19.1 Å². The number of carbonyl (C=O) groups excluding carboxylic acids is 2. The van der Waals surface area contributed by atoms with Gasteiger partial charge in [-0.2, -0.15) is 0 Å². The van der Waals surface area contributed by atoms with Gasteiger partial charge < -0.3 is 20.5 Å². The molecule has 0 spiro atoms. The van der Waals surface area contributed by atoms with Crippen LogP contribution in [0.2, 0.25) is 0 Å². The first kappa shape index (κ1) is 16.2. The van der Waals surface area contributed by atoms with Gasteiger partial charge in [0.05, 0.1) is 13.2 Å². The molecule has 6 heteroatoms. The zero-order valence-corrected chi connectivity index (χ0v) is 13.3. The highest BCUT2D eigenvalue weighted by atomic mass is 16.5. The second-order valence-corrected chi connectivity index (χ2v) is 6.59. The van der Waals surface area contributed by atoms with Gasteiger partial charge in [-0.3, -0.25) is 4.79 Å². The van der Waals surface area contributed by atoms with Crippen LogP contribution in [0.1, 0.15) is 40.0 Å². The number of carbonyl (C=O) groups is 2. The fraction of sp³-hybridized carbons (Fsp3) is 0.867. The second-order valence-electron chi connectivity index (χ2n) is 6.59. The van der Waals surface area contributed by atoms with Crippen molar-refractivity contribution in [3.05, 3.63) is 0 Å². The lowest BCUT2D eigenvalue weighted by molar-refractivity contribution is -0.225. The summed E-state index contributed by atoms with van der Waals surface area (Å²) in [7, 11) is 1.31. The van der Waals surface area contributed by atoms with Crippen LogP contribution in [0.15, 0.2) is 0 Å². The Labute approximate surface area is 125 Å². The normalized spacial score (nSPS) is 35.1. The van der Waals surface area contributed by atoms with Crippen LogP contribution in [-0.4, -0.2) is 43.3 Å². The van der Waals surface area contributed by atoms with Gasteiger partial charge in [-0.1, -0.05) is 20.8 Å². The number of hydrogen-bond acceptors (Lipinski definition) is 5. The lowest BCUT2D eigenvalue weighted by Gasteiger charge is -2.65. The average molecular weight is 298 g/mol. The van der Waals surface area contributed by atoms with Gasteiger partial charge >= 0.3 is 5.97 Å². The SMILES string of the molecule is CCC(NC(=O)C1(N)C2CCCOC2C1(C)C)C(=O)OC. The summed E-state index contributed by atoms with van der Waals surface area (Å²) < 4.78 is 10.5.